The molecule has 0 radical (unpaired) electrons. The maximum Gasteiger partial charge on any atom is 0.262 e. The standard InChI is InChI=1S/C19H16N2O4/c1-12-7-3-6-10-16(12)21(13(2)22)17(23)11-20-18(24)14-8-4-5-9-15(14)19(20)25/h3-10H,11H2,1-2H3. The van der Waals surface area contributed by atoms with Gasteiger partial charge in [-0.3, -0.25) is 24.1 Å². The summed E-state index contributed by atoms with van der Waals surface area (Å²) in [6.45, 7) is 2.56. The quantitative estimate of drug-likeness (QED) is 0.805. The van der Waals surface area contributed by atoms with Crippen LogP contribution in [0.3, 0.4) is 0 Å². The van der Waals surface area contributed by atoms with Gasteiger partial charge in [-0.05, 0) is 30.7 Å². The molecule has 0 saturated carbocycles. The third-order valence-corrected chi connectivity index (χ3v) is 4.09. The number of rotatable bonds is 3. The first-order valence-corrected chi connectivity index (χ1v) is 7.76. The van der Waals surface area contributed by atoms with Gasteiger partial charge in [0.2, 0.25) is 5.91 Å². The normalized spacial score (nSPS) is 13.0. The Bertz CT molecular complexity index is 869. The summed E-state index contributed by atoms with van der Waals surface area (Å²) in [6.07, 6.45) is 0. The van der Waals surface area contributed by atoms with Gasteiger partial charge >= 0.3 is 0 Å². The summed E-state index contributed by atoms with van der Waals surface area (Å²) in [4.78, 5) is 51.4. The van der Waals surface area contributed by atoms with Crippen LogP contribution in [0.5, 0.6) is 0 Å². The van der Waals surface area contributed by atoms with Gasteiger partial charge < -0.3 is 0 Å². The average Bonchev–Trinajstić information content (AvgIpc) is 2.82. The number of benzene rings is 2. The van der Waals surface area contributed by atoms with Crippen molar-refractivity contribution in [2.45, 2.75) is 13.8 Å². The van der Waals surface area contributed by atoms with Gasteiger partial charge in [0, 0.05) is 6.92 Å². The molecule has 0 N–H and O–H groups in total. The van der Waals surface area contributed by atoms with E-state index in [0.29, 0.717) is 5.69 Å². The molecule has 1 heterocycles. The lowest BCUT2D eigenvalue weighted by Gasteiger charge is -2.23. The molecule has 1 aliphatic heterocycles. The Balaban J connectivity index is 1.89. The third-order valence-electron chi connectivity index (χ3n) is 4.09. The molecule has 1 aliphatic rings. The molecule has 0 bridgehead atoms. The zero-order valence-electron chi connectivity index (χ0n) is 13.9. The number of fused-ring (bicyclic) bond motifs is 1. The van der Waals surface area contributed by atoms with Crippen molar-refractivity contribution < 1.29 is 19.2 Å². The summed E-state index contributed by atoms with van der Waals surface area (Å²) < 4.78 is 0. The van der Waals surface area contributed by atoms with Gasteiger partial charge in [-0.1, -0.05) is 30.3 Å². The van der Waals surface area contributed by atoms with Gasteiger partial charge in [0.15, 0.2) is 0 Å². The fourth-order valence-electron chi connectivity index (χ4n) is 2.88. The Morgan fingerprint density at radius 1 is 0.920 bits per heavy atom. The van der Waals surface area contributed by atoms with E-state index in [4.69, 9.17) is 0 Å². The van der Waals surface area contributed by atoms with E-state index in [0.717, 1.165) is 15.4 Å². The molecule has 4 amide bonds. The van der Waals surface area contributed by atoms with Crippen molar-refractivity contribution in [2.75, 3.05) is 11.4 Å². The van der Waals surface area contributed by atoms with E-state index in [9.17, 15) is 19.2 Å². The number of para-hydroxylation sites is 1. The van der Waals surface area contributed by atoms with Crippen LogP contribution in [0.1, 0.15) is 33.2 Å². The highest BCUT2D eigenvalue weighted by molar-refractivity contribution is 6.24. The van der Waals surface area contributed by atoms with Crippen molar-refractivity contribution in [1.82, 2.24) is 4.90 Å². The lowest BCUT2D eigenvalue weighted by molar-refractivity contribution is -0.125. The van der Waals surface area contributed by atoms with Gasteiger partial charge in [0.05, 0.1) is 16.8 Å². The fraction of sp³-hybridized carbons (Fsp3) is 0.158. The van der Waals surface area contributed by atoms with E-state index in [1.807, 2.05) is 0 Å². The largest absolute Gasteiger partial charge is 0.274 e. The van der Waals surface area contributed by atoms with Crippen molar-refractivity contribution in [2.24, 2.45) is 0 Å². The van der Waals surface area contributed by atoms with Gasteiger partial charge in [-0.2, -0.15) is 0 Å². The summed E-state index contributed by atoms with van der Waals surface area (Å²) in [7, 11) is 0. The predicted octanol–water partition coefficient (Wildman–Crippen LogP) is 2.17. The number of aryl methyl sites for hydroxylation is 1. The Kier molecular flexibility index (Phi) is 4.19. The van der Waals surface area contributed by atoms with E-state index < -0.39 is 30.2 Å². The van der Waals surface area contributed by atoms with E-state index in [2.05, 4.69) is 0 Å². The summed E-state index contributed by atoms with van der Waals surface area (Å²) in [5.74, 6) is -2.16. The predicted molar refractivity (Wildman–Crippen MR) is 91.2 cm³/mol. The molecule has 0 unspecified atom stereocenters. The number of hydrogen-bond donors (Lipinski definition) is 0. The molecule has 0 fully saturated rings. The smallest absolute Gasteiger partial charge is 0.262 e. The molecule has 0 spiro atoms. The van der Waals surface area contributed by atoms with Crippen LogP contribution < -0.4 is 4.90 Å². The van der Waals surface area contributed by atoms with Crippen molar-refractivity contribution in [1.29, 1.82) is 0 Å². The minimum atomic E-state index is -0.628. The maximum atomic E-state index is 12.7. The number of amides is 4. The molecule has 126 valence electrons. The molecule has 0 aromatic heterocycles. The van der Waals surface area contributed by atoms with E-state index in [1.54, 1.807) is 55.5 Å². The zero-order chi connectivity index (χ0) is 18.1. The Morgan fingerprint density at radius 2 is 1.44 bits per heavy atom. The second kappa shape index (κ2) is 6.32. The van der Waals surface area contributed by atoms with Crippen molar-refractivity contribution in [3.05, 3.63) is 65.2 Å². The topological polar surface area (TPSA) is 74.8 Å². The number of anilines is 1. The highest BCUT2D eigenvalue weighted by Crippen LogP contribution is 2.24. The monoisotopic (exact) mass is 336 g/mol. The number of imide groups is 2. The average molecular weight is 336 g/mol. The Labute approximate surface area is 144 Å². The molecule has 6 heteroatoms. The van der Waals surface area contributed by atoms with Crippen LogP contribution in [0.2, 0.25) is 0 Å². The van der Waals surface area contributed by atoms with Crippen LogP contribution in [-0.2, 0) is 9.59 Å². The molecule has 25 heavy (non-hydrogen) atoms. The van der Waals surface area contributed by atoms with Crippen molar-refractivity contribution >= 4 is 29.3 Å². The second-order valence-corrected chi connectivity index (χ2v) is 5.78. The molecule has 0 aliphatic carbocycles. The zero-order valence-corrected chi connectivity index (χ0v) is 13.9. The molecule has 3 rings (SSSR count). The van der Waals surface area contributed by atoms with Crippen LogP contribution >= 0.6 is 0 Å². The highest BCUT2D eigenvalue weighted by atomic mass is 16.2. The first-order valence-electron chi connectivity index (χ1n) is 7.76. The highest BCUT2D eigenvalue weighted by Gasteiger charge is 2.37. The van der Waals surface area contributed by atoms with Crippen LogP contribution in [0.4, 0.5) is 5.69 Å². The Hall–Kier alpha value is -3.28. The third kappa shape index (κ3) is 2.82. The van der Waals surface area contributed by atoms with Crippen molar-refractivity contribution in [3.63, 3.8) is 0 Å². The molecular formula is C19H16N2O4. The SMILES string of the molecule is CC(=O)N(C(=O)CN1C(=O)c2ccccc2C1=O)c1ccccc1C. The van der Waals surface area contributed by atoms with E-state index >= 15 is 0 Å². The number of carbonyl (C=O) groups excluding carboxylic acids is 4. The molecular weight excluding hydrogens is 320 g/mol. The van der Waals surface area contributed by atoms with Gasteiger partial charge in [-0.15, -0.1) is 0 Å². The van der Waals surface area contributed by atoms with E-state index in [1.165, 1.54) is 6.92 Å². The minimum absolute atomic E-state index is 0.269. The van der Waals surface area contributed by atoms with Crippen LogP contribution in [0.15, 0.2) is 48.5 Å². The fourth-order valence-corrected chi connectivity index (χ4v) is 2.88. The summed E-state index contributed by atoms with van der Waals surface area (Å²) in [5.41, 5.74) is 1.72. The van der Waals surface area contributed by atoms with Gasteiger partial charge in [-0.25, -0.2) is 4.90 Å². The first-order chi connectivity index (χ1) is 11.9. The van der Waals surface area contributed by atoms with Crippen LogP contribution in [0, 0.1) is 6.92 Å². The maximum absolute atomic E-state index is 12.7. The number of nitrogens with zero attached hydrogens (tertiary/aromatic N) is 2. The lowest BCUT2D eigenvalue weighted by Crippen LogP contribution is -2.45. The summed E-state index contributed by atoms with van der Waals surface area (Å²) in [6, 6.07) is 13.3. The summed E-state index contributed by atoms with van der Waals surface area (Å²) in [5, 5.41) is 0. The molecule has 0 saturated heterocycles. The number of carbonyl (C=O) groups is 4. The summed E-state index contributed by atoms with van der Waals surface area (Å²) >= 11 is 0. The van der Waals surface area contributed by atoms with E-state index in [-0.39, 0.29) is 11.1 Å². The second-order valence-electron chi connectivity index (χ2n) is 5.78. The Morgan fingerprint density at radius 3 is 1.96 bits per heavy atom. The molecule has 0 atom stereocenters. The lowest BCUT2D eigenvalue weighted by atomic mass is 10.1. The molecule has 2 aromatic rings. The molecule has 2 aromatic carbocycles. The first kappa shape index (κ1) is 16.6. The van der Waals surface area contributed by atoms with Gasteiger partial charge in [0.1, 0.15) is 6.54 Å². The van der Waals surface area contributed by atoms with Crippen LogP contribution in [-0.4, -0.2) is 35.1 Å². The molecule has 6 nitrogen and oxygen atoms in total. The van der Waals surface area contributed by atoms with Gasteiger partial charge in [0.25, 0.3) is 17.7 Å². The van der Waals surface area contributed by atoms with Crippen LogP contribution in [0.25, 0.3) is 0 Å². The van der Waals surface area contributed by atoms with Crippen molar-refractivity contribution in [3.8, 4) is 0 Å². The minimum Gasteiger partial charge on any atom is -0.274 e. The number of hydrogen-bond acceptors (Lipinski definition) is 4.